The normalized spacial score (nSPS) is 12.1. The predicted octanol–water partition coefficient (Wildman–Crippen LogP) is 1.25. The van der Waals surface area contributed by atoms with Gasteiger partial charge >= 0.3 is 6.18 Å². The van der Waals surface area contributed by atoms with Crippen LogP contribution in [-0.2, 0) is 11.0 Å². The van der Waals surface area contributed by atoms with Crippen LogP contribution in [0.2, 0.25) is 0 Å². The molecule has 20 heavy (non-hydrogen) atoms. The van der Waals surface area contributed by atoms with Crippen molar-refractivity contribution in [3.63, 3.8) is 0 Å². The molecule has 7 nitrogen and oxygen atoms in total. The fourth-order valence-electron chi connectivity index (χ4n) is 1.25. The zero-order valence-corrected chi connectivity index (χ0v) is 9.93. The second-order valence-corrected chi connectivity index (χ2v) is 3.96. The summed E-state index contributed by atoms with van der Waals surface area (Å²) in [6.07, 6.45) is -5.00. The third-order valence-corrected chi connectivity index (χ3v) is 2.19. The average Bonchev–Trinajstić information content (AvgIpc) is 2.26. The molecule has 10 heteroatoms. The first-order valence-electron chi connectivity index (χ1n) is 5.05. The van der Waals surface area contributed by atoms with Crippen LogP contribution in [-0.4, -0.2) is 26.8 Å². The highest BCUT2D eigenvalue weighted by Crippen LogP contribution is 2.37. The van der Waals surface area contributed by atoms with Crippen LogP contribution in [0.1, 0.15) is 12.5 Å². The number of hydrogen-bond acceptors (Lipinski definition) is 5. The monoisotopic (exact) mass is 294 g/mol. The van der Waals surface area contributed by atoms with Crippen molar-refractivity contribution in [1.29, 1.82) is 0 Å². The maximum Gasteiger partial charge on any atom is 0.423 e. The molecular formula is C10H9F3N2O5. The van der Waals surface area contributed by atoms with Gasteiger partial charge in [-0.15, -0.1) is 0 Å². The molecule has 0 spiro atoms. The first-order chi connectivity index (χ1) is 8.93. The Balaban J connectivity index is 3.21. The molecule has 0 saturated carbocycles. The Bertz CT molecular complexity index is 551. The maximum atomic E-state index is 12.6. The van der Waals surface area contributed by atoms with Gasteiger partial charge in [0.2, 0.25) is 5.79 Å². The molecule has 0 unspecified atom stereocenters. The molecule has 3 N–H and O–H groups in total. The van der Waals surface area contributed by atoms with E-state index in [1.165, 1.54) is 0 Å². The standard InChI is InChI=1S/C10H9F3N2O5/c1-9(17,18)8(16)14-5-2-3-7(15(19)20)6(4-5)10(11,12)13/h2-4,17-18H,1H3,(H,14,16). The minimum Gasteiger partial charge on any atom is -0.358 e. The van der Waals surface area contributed by atoms with Crippen molar-refractivity contribution < 1.29 is 33.1 Å². The van der Waals surface area contributed by atoms with E-state index in [9.17, 15) is 28.1 Å². The van der Waals surface area contributed by atoms with Crippen LogP contribution < -0.4 is 5.32 Å². The quantitative estimate of drug-likeness (QED) is 0.441. The fourth-order valence-corrected chi connectivity index (χ4v) is 1.25. The Labute approximate surface area is 109 Å². The number of carbonyl (C=O) groups is 1. The van der Waals surface area contributed by atoms with Gasteiger partial charge in [0.1, 0.15) is 5.56 Å². The number of alkyl halides is 3. The zero-order valence-electron chi connectivity index (χ0n) is 9.93. The highest BCUT2D eigenvalue weighted by Gasteiger charge is 2.38. The summed E-state index contributed by atoms with van der Waals surface area (Å²) in [5, 5.41) is 30.2. The van der Waals surface area contributed by atoms with Gasteiger partial charge < -0.3 is 15.5 Å². The van der Waals surface area contributed by atoms with Gasteiger partial charge in [0, 0.05) is 11.8 Å². The molecule has 0 aliphatic rings. The highest BCUT2D eigenvalue weighted by molar-refractivity contribution is 5.95. The SMILES string of the molecule is CC(O)(O)C(=O)Nc1ccc([N+](=O)[O-])c(C(F)(F)F)c1. The topological polar surface area (TPSA) is 113 Å². The summed E-state index contributed by atoms with van der Waals surface area (Å²) in [6.45, 7) is 0.707. The third kappa shape index (κ3) is 3.65. The van der Waals surface area contributed by atoms with Crippen LogP contribution >= 0.6 is 0 Å². The largest absolute Gasteiger partial charge is 0.423 e. The molecule has 1 aromatic rings. The van der Waals surface area contributed by atoms with Crippen LogP contribution in [0, 0.1) is 10.1 Å². The molecule has 0 aliphatic carbocycles. The number of carbonyl (C=O) groups excluding carboxylic acids is 1. The summed E-state index contributed by atoms with van der Waals surface area (Å²) >= 11 is 0. The van der Waals surface area contributed by atoms with Crippen molar-refractivity contribution in [2.45, 2.75) is 18.9 Å². The zero-order chi connectivity index (χ0) is 15.7. The summed E-state index contributed by atoms with van der Waals surface area (Å²) in [7, 11) is 0. The Morgan fingerprint density at radius 2 is 1.90 bits per heavy atom. The lowest BCUT2D eigenvalue weighted by Gasteiger charge is -2.16. The first kappa shape index (κ1) is 15.9. The molecule has 1 amide bonds. The molecule has 0 aromatic heterocycles. The summed E-state index contributed by atoms with van der Waals surface area (Å²) < 4.78 is 37.9. The number of nitro benzene ring substituents is 1. The number of aliphatic hydroxyl groups is 2. The van der Waals surface area contributed by atoms with E-state index in [1.54, 1.807) is 5.32 Å². The van der Waals surface area contributed by atoms with Crippen LogP contribution in [0.5, 0.6) is 0 Å². The summed E-state index contributed by atoms with van der Waals surface area (Å²) in [6, 6.07) is 1.74. The Morgan fingerprint density at radius 1 is 1.35 bits per heavy atom. The number of halogens is 3. The second-order valence-electron chi connectivity index (χ2n) is 3.96. The van der Waals surface area contributed by atoms with E-state index in [-0.39, 0.29) is 0 Å². The van der Waals surface area contributed by atoms with E-state index in [4.69, 9.17) is 10.2 Å². The van der Waals surface area contributed by atoms with Crippen molar-refractivity contribution in [3.8, 4) is 0 Å². The highest BCUT2D eigenvalue weighted by atomic mass is 19.4. The van der Waals surface area contributed by atoms with Crippen molar-refractivity contribution in [2.75, 3.05) is 5.32 Å². The minimum atomic E-state index is -5.00. The van der Waals surface area contributed by atoms with Crippen molar-refractivity contribution in [2.24, 2.45) is 0 Å². The minimum absolute atomic E-state index is 0.335. The lowest BCUT2D eigenvalue weighted by Crippen LogP contribution is -2.39. The lowest BCUT2D eigenvalue weighted by molar-refractivity contribution is -0.388. The van der Waals surface area contributed by atoms with Gasteiger partial charge in [0.05, 0.1) is 4.92 Å². The molecule has 1 rings (SSSR count). The average molecular weight is 294 g/mol. The molecular weight excluding hydrogens is 285 g/mol. The molecule has 0 aliphatic heterocycles. The predicted molar refractivity (Wildman–Crippen MR) is 59.6 cm³/mol. The Kier molecular flexibility index (Phi) is 4.01. The van der Waals surface area contributed by atoms with Gasteiger partial charge in [-0.1, -0.05) is 0 Å². The van der Waals surface area contributed by atoms with Gasteiger partial charge in [-0.2, -0.15) is 13.2 Å². The molecule has 0 heterocycles. The van der Waals surface area contributed by atoms with Gasteiger partial charge in [-0.3, -0.25) is 14.9 Å². The van der Waals surface area contributed by atoms with Crippen LogP contribution in [0.3, 0.4) is 0 Å². The summed E-state index contributed by atoms with van der Waals surface area (Å²) in [5.74, 6) is -4.17. The number of anilines is 1. The van der Waals surface area contributed by atoms with Gasteiger partial charge in [-0.25, -0.2) is 0 Å². The number of rotatable bonds is 3. The molecule has 0 atom stereocenters. The molecule has 1 aromatic carbocycles. The van der Waals surface area contributed by atoms with E-state index in [1.807, 2.05) is 0 Å². The van der Waals surface area contributed by atoms with Gasteiger partial charge in [0.25, 0.3) is 11.6 Å². The number of nitro groups is 1. The number of benzene rings is 1. The van der Waals surface area contributed by atoms with E-state index in [0.717, 1.165) is 6.07 Å². The summed E-state index contributed by atoms with van der Waals surface area (Å²) in [4.78, 5) is 20.5. The number of nitrogens with zero attached hydrogens (tertiary/aromatic N) is 1. The second kappa shape index (κ2) is 5.06. The van der Waals surface area contributed by atoms with Gasteiger partial charge in [0.15, 0.2) is 0 Å². The third-order valence-electron chi connectivity index (χ3n) is 2.19. The van der Waals surface area contributed by atoms with Crippen LogP contribution in [0.4, 0.5) is 24.5 Å². The smallest absolute Gasteiger partial charge is 0.358 e. The van der Waals surface area contributed by atoms with E-state index in [0.29, 0.717) is 19.1 Å². The molecule has 0 radical (unpaired) electrons. The molecule has 0 saturated heterocycles. The lowest BCUT2D eigenvalue weighted by atomic mass is 10.1. The Hall–Kier alpha value is -2.20. The van der Waals surface area contributed by atoms with Crippen molar-refractivity contribution in [1.82, 2.24) is 0 Å². The maximum absolute atomic E-state index is 12.6. The van der Waals surface area contributed by atoms with Crippen LogP contribution in [0.15, 0.2) is 18.2 Å². The molecule has 0 fully saturated rings. The number of amides is 1. The van der Waals surface area contributed by atoms with Crippen molar-refractivity contribution in [3.05, 3.63) is 33.9 Å². The number of hydrogen-bond donors (Lipinski definition) is 3. The molecule has 0 bridgehead atoms. The van der Waals surface area contributed by atoms with E-state index >= 15 is 0 Å². The van der Waals surface area contributed by atoms with Gasteiger partial charge in [-0.05, 0) is 19.1 Å². The number of nitrogens with one attached hydrogen (secondary N) is 1. The van der Waals surface area contributed by atoms with E-state index in [2.05, 4.69) is 0 Å². The first-order valence-corrected chi connectivity index (χ1v) is 5.05. The fraction of sp³-hybridized carbons (Fsp3) is 0.300. The molecule has 110 valence electrons. The Morgan fingerprint density at radius 3 is 2.30 bits per heavy atom. The van der Waals surface area contributed by atoms with E-state index < -0.39 is 39.7 Å². The summed E-state index contributed by atoms with van der Waals surface area (Å²) in [5.41, 5.74) is -3.19. The van der Waals surface area contributed by atoms with Crippen LogP contribution in [0.25, 0.3) is 0 Å². The van der Waals surface area contributed by atoms with Crippen molar-refractivity contribution >= 4 is 17.3 Å².